The van der Waals surface area contributed by atoms with E-state index in [1.165, 1.54) is 0 Å². The number of fused-ring (bicyclic) bond motifs is 1. The van der Waals surface area contributed by atoms with Crippen LogP contribution in [0.25, 0.3) is 0 Å². The highest BCUT2D eigenvalue weighted by Crippen LogP contribution is 2.29. The van der Waals surface area contributed by atoms with E-state index in [2.05, 4.69) is 31.5 Å². The quantitative estimate of drug-likeness (QED) is 0.642. The number of carbonyl (C=O) groups is 1. The fourth-order valence-corrected chi connectivity index (χ4v) is 3.03. The van der Waals surface area contributed by atoms with Gasteiger partial charge in [0.2, 0.25) is 0 Å². The van der Waals surface area contributed by atoms with E-state index in [4.69, 9.17) is 0 Å². The zero-order valence-corrected chi connectivity index (χ0v) is 11.8. The Kier molecular flexibility index (Phi) is 3.21. The number of aromatic nitrogens is 2. The second-order valence-corrected chi connectivity index (χ2v) is 5.45. The van der Waals surface area contributed by atoms with Crippen LogP contribution in [0.2, 0.25) is 0 Å². The molecule has 4 heterocycles. The average molecular weight is 296 g/mol. The summed E-state index contributed by atoms with van der Waals surface area (Å²) in [6, 6.07) is 7.54. The Morgan fingerprint density at radius 1 is 1.14 bits per heavy atom. The molecule has 0 saturated carbocycles. The van der Waals surface area contributed by atoms with E-state index in [1.807, 2.05) is 18.3 Å². The van der Waals surface area contributed by atoms with Gasteiger partial charge in [-0.25, -0.2) is 10.4 Å². The highest BCUT2D eigenvalue weighted by Gasteiger charge is 2.38. The van der Waals surface area contributed by atoms with E-state index in [0.717, 1.165) is 12.1 Å². The molecule has 2 aliphatic rings. The number of hydrogen-bond donors (Lipinski definition) is 4. The largest absolute Gasteiger partial charge is 0.349 e. The van der Waals surface area contributed by atoms with Crippen molar-refractivity contribution in [2.75, 3.05) is 11.9 Å². The molecule has 1 saturated heterocycles. The molecule has 112 valence electrons. The number of amides is 1. The second kappa shape index (κ2) is 5.36. The zero-order chi connectivity index (χ0) is 14.9. The number of rotatable bonds is 2. The van der Waals surface area contributed by atoms with Crippen LogP contribution in [0.1, 0.15) is 22.0 Å². The molecule has 2 aliphatic heterocycles. The molecule has 4 N–H and O–H groups in total. The number of nitrogens with zero attached hydrogens (tertiary/aromatic N) is 2. The van der Waals surface area contributed by atoms with Crippen LogP contribution in [0.4, 0.5) is 5.82 Å². The van der Waals surface area contributed by atoms with Crippen molar-refractivity contribution in [1.82, 2.24) is 26.1 Å². The molecular weight excluding hydrogens is 280 g/mol. The summed E-state index contributed by atoms with van der Waals surface area (Å²) in [4.78, 5) is 20.7. The molecule has 2 aromatic heterocycles. The summed E-state index contributed by atoms with van der Waals surface area (Å²) in [6.45, 7) is 0.736. The lowest BCUT2D eigenvalue weighted by Gasteiger charge is -2.33. The summed E-state index contributed by atoms with van der Waals surface area (Å²) in [7, 11) is 0. The predicted molar refractivity (Wildman–Crippen MR) is 80.7 cm³/mol. The molecule has 0 spiro atoms. The maximum absolute atomic E-state index is 12.3. The van der Waals surface area contributed by atoms with Crippen LogP contribution in [0.3, 0.4) is 0 Å². The van der Waals surface area contributed by atoms with Crippen molar-refractivity contribution in [3.05, 3.63) is 54.0 Å². The summed E-state index contributed by atoms with van der Waals surface area (Å²) in [5.74, 6) is 0.681. The maximum Gasteiger partial charge on any atom is 0.256 e. The molecule has 1 amide bonds. The second-order valence-electron chi connectivity index (χ2n) is 5.45. The molecule has 7 nitrogen and oxygen atoms in total. The molecule has 1 fully saturated rings. The third kappa shape index (κ3) is 2.20. The standard InChI is InChI=1S/C15H16N6O/c22-15-10-4-2-6-17-13(10)19-14(20-15)11-8-18-21-12(11)9-3-1-5-16-7-9/h1-7,11-12,14,18,21H,8H2,(H,17,19)(H,20,22). The van der Waals surface area contributed by atoms with Crippen molar-refractivity contribution in [2.45, 2.75) is 12.2 Å². The average Bonchev–Trinajstić information content (AvgIpc) is 3.05. The van der Waals surface area contributed by atoms with Gasteiger partial charge >= 0.3 is 0 Å². The van der Waals surface area contributed by atoms with Crippen molar-refractivity contribution in [3.8, 4) is 0 Å². The van der Waals surface area contributed by atoms with E-state index in [0.29, 0.717) is 11.4 Å². The Morgan fingerprint density at radius 2 is 2.05 bits per heavy atom. The van der Waals surface area contributed by atoms with Crippen LogP contribution >= 0.6 is 0 Å². The number of anilines is 1. The molecule has 0 radical (unpaired) electrons. The number of pyridine rings is 2. The maximum atomic E-state index is 12.3. The fraction of sp³-hybridized carbons (Fsp3) is 0.267. The van der Waals surface area contributed by atoms with Crippen molar-refractivity contribution >= 4 is 11.7 Å². The Bertz CT molecular complexity index is 691. The van der Waals surface area contributed by atoms with E-state index in [-0.39, 0.29) is 24.0 Å². The van der Waals surface area contributed by atoms with Crippen LogP contribution in [-0.4, -0.2) is 28.6 Å². The summed E-state index contributed by atoms with van der Waals surface area (Å²) < 4.78 is 0. The monoisotopic (exact) mass is 296 g/mol. The highest BCUT2D eigenvalue weighted by molar-refractivity contribution is 6.00. The molecule has 4 rings (SSSR count). The lowest BCUT2D eigenvalue weighted by molar-refractivity contribution is 0.0920. The van der Waals surface area contributed by atoms with Gasteiger partial charge in [0.25, 0.3) is 5.91 Å². The van der Waals surface area contributed by atoms with Crippen LogP contribution in [0.5, 0.6) is 0 Å². The first-order valence-corrected chi connectivity index (χ1v) is 7.23. The van der Waals surface area contributed by atoms with Gasteiger partial charge in [-0.2, -0.15) is 0 Å². The Hall–Kier alpha value is -2.51. The van der Waals surface area contributed by atoms with Gasteiger partial charge in [0.1, 0.15) is 12.0 Å². The summed E-state index contributed by atoms with van der Waals surface area (Å²) >= 11 is 0. The lowest BCUT2D eigenvalue weighted by Crippen LogP contribution is -2.51. The predicted octanol–water partition coefficient (Wildman–Crippen LogP) is 0.423. The van der Waals surface area contributed by atoms with Gasteiger partial charge < -0.3 is 10.6 Å². The van der Waals surface area contributed by atoms with E-state index in [9.17, 15) is 4.79 Å². The Morgan fingerprint density at radius 3 is 2.91 bits per heavy atom. The molecule has 3 unspecified atom stereocenters. The number of hydrogen-bond acceptors (Lipinski definition) is 6. The molecule has 3 atom stereocenters. The molecule has 22 heavy (non-hydrogen) atoms. The highest BCUT2D eigenvalue weighted by atomic mass is 16.2. The third-order valence-electron chi connectivity index (χ3n) is 4.13. The SMILES string of the molecule is O=C1NC(C2CNNC2c2cccnc2)Nc2ncccc21. The van der Waals surface area contributed by atoms with Crippen molar-refractivity contribution in [3.63, 3.8) is 0 Å². The summed E-state index contributed by atoms with van der Waals surface area (Å²) in [6.07, 6.45) is 5.09. The van der Waals surface area contributed by atoms with Crippen LogP contribution in [0, 0.1) is 5.92 Å². The number of hydrazine groups is 1. The van der Waals surface area contributed by atoms with Gasteiger partial charge in [0.05, 0.1) is 11.6 Å². The summed E-state index contributed by atoms with van der Waals surface area (Å²) in [5, 5.41) is 6.35. The molecule has 7 heteroatoms. The molecule has 0 aliphatic carbocycles. The van der Waals surface area contributed by atoms with Crippen LogP contribution in [0.15, 0.2) is 42.9 Å². The molecule has 2 aromatic rings. The number of nitrogens with one attached hydrogen (secondary N) is 4. The van der Waals surface area contributed by atoms with Crippen molar-refractivity contribution in [1.29, 1.82) is 0 Å². The minimum Gasteiger partial charge on any atom is -0.349 e. The minimum atomic E-state index is -0.192. The molecule has 0 bridgehead atoms. The van der Waals surface area contributed by atoms with E-state index >= 15 is 0 Å². The van der Waals surface area contributed by atoms with E-state index in [1.54, 1.807) is 24.5 Å². The van der Waals surface area contributed by atoms with Gasteiger partial charge in [-0.3, -0.25) is 15.2 Å². The summed E-state index contributed by atoms with van der Waals surface area (Å²) in [5.41, 5.74) is 8.09. The van der Waals surface area contributed by atoms with Crippen molar-refractivity contribution in [2.24, 2.45) is 5.92 Å². The van der Waals surface area contributed by atoms with E-state index < -0.39 is 0 Å². The minimum absolute atomic E-state index is 0.0664. The smallest absolute Gasteiger partial charge is 0.256 e. The first-order valence-electron chi connectivity index (χ1n) is 7.23. The van der Waals surface area contributed by atoms with Gasteiger partial charge in [-0.15, -0.1) is 0 Å². The normalized spacial score (nSPS) is 26.9. The van der Waals surface area contributed by atoms with Gasteiger partial charge in [-0.1, -0.05) is 6.07 Å². The fourth-order valence-electron chi connectivity index (χ4n) is 3.03. The molecule has 0 aromatic carbocycles. The Labute approximate surface area is 127 Å². The topological polar surface area (TPSA) is 91.0 Å². The van der Waals surface area contributed by atoms with Gasteiger partial charge in [-0.05, 0) is 23.8 Å². The Balaban J connectivity index is 1.61. The third-order valence-corrected chi connectivity index (χ3v) is 4.13. The first kappa shape index (κ1) is 13.2. The zero-order valence-electron chi connectivity index (χ0n) is 11.8. The first-order chi connectivity index (χ1) is 10.8. The van der Waals surface area contributed by atoms with Gasteiger partial charge in [0, 0.05) is 31.1 Å². The van der Waals surface area contributed by atoms with Crippen LogP contribution in [-0.2, 0) is 0 Å². The lowest BCUT2D eigenvalue weighted by atomic mass is 9.92. The van der Waals surface area contributed by atoms with Crippen molar-refractivity contribution < 1.29 is 4.79 Å². The van der Waals surface area contributed by atoms with Gasteiger partial charge in [0.15, 0.2) is 0 Å². The number of carbonyl (C=O) groups excluding carboxylic acids is 1. The van der Waals surface area contributed by atoms with Crippen LogP contribution < -0.4 is 21.5 Å². The molecular formula is C15H16N6O.